The summed E-state index contributed by atoms with van der Waals surface area (Å²) in [5, 5.41) is 22.5. The molecule has 144 valence electrons. The van der Waals surface area contributed by atoms with E-state index in [-0.39, 0.29) is 32.7 Å². The summed E-state index contributed by atoms with van der Waals surface area (Å²) in [5.74, 6) is -0.834. The molecule has 2 aromatic carbocycles. The van der Waals surface area contributed by atoms with Crippen LogP contribution < -0.4 is 9.64 Å². The topological polar surface area (TPSA) is 92.9 Å². The number of aromatic hydroxyl groups is 1. The van der Waals surface area contributed by atoms with Crippen molar-refractivity contribution in [3.05, 3.63) is 74.3 Å². The van der Waals surface area contributed by atoms with Crippen LogP contribution in [-0.4, -0.2) is 23.0 Å². The predicted molar refractivity (Wildman–Crippen MR) is 109 cm³/mol. The molecule has 28 heavy (non-hydrogen) atoms. The number of rotatable bonds is 5. The standard InChI is InChI=1S/C18H12Cl2N2O5S/c1-27-16-7-6-15(28-16)21(17-13(20)8-11(19)9-14(17)23)18(24)10-2-4-12(5-3-10)22(25)26/h2-9,23H,1H3. The van der Waals surface area contributed by atoms with Crippen LogP contribution >= 0.6 is 34.5 Å². The Morgan fingerprint density at radius 2 is 1.86 bits per heavy atom. The summed E-state index contributed by atoms with van der Waals surface area (Å²) in [5.41, 5.74) is 0.0653. The first-order valence-electron chi connectivity index (χ1n) is 7.72. The fraction of sp³-hybridized carbons (Fsp3) is 0.0556. The summed E-state index contributed by atoms with van der Waals surface area (Å²) in [6.07, 6.45) is 0. The third-order valence-corrected chi connectivity index (χ3v) is 5.29. The number of hydrogen-bond acceptors (Lipinski definition) is 6. The number of hydrogen-bond donors (Lipinski definition) is 1. The van der Waals surface area contributed by atoms with E-state index in [2.05, 4.69) is 0 Å². The Morgan fingerprint density at radius 3 is 2.39 bits per heavy atom. The summed E-state index contributed by atoms with van der Waals surface area (Å²) < 4.78 is 5.18. The van der Waals surface area contributed by atoms with Crippen molar-refractivity contribution in [1.29, 1.82) is 0 Å². The minimum absolute atomic E-state index is 0.0407. The number of phenolic OH excluding ortho intramolecular Hbond substituents is 1. The van der Waals surface area contributed by atoms with Crippen LogP contribution in [0.1, 0.15) is 10.4 Å². The first kappa shape index (κ1) is 19.9. The molecule has 0 unspecified atom stereocenters. The van der Waals surface area contributed by atoms with Gasteiger partial charge in [-0.15, -0.1) is 0 Å². The number of benzene rings is 2. The highest BCUT2D eigenvalue weighted by Gasteiger charge is 2.27. The molecule has 1 heterocycles. The number of halogens is 2. The number of nitro groups is 1. The molecule has 0 radical (unpaired) electrons. The van der Waals surface area contributed by atoms with Gasteiger partial charge in [0.25, 0.3) is 11.6 Å². The highest BCUT2D eigenvalue weighted by atomic mass is 35.5. The highest BCUT2D eigenvalue weighted by Crippen LogP contribution is 2.45. The van der Waals surface area contributed by atoms with Crippen molar-refractivity contribution < 1.29 is 19.6 Å². The molecule has 0 saturated heterocycles. The number of nitrogens with zero attached hydrogens (tertiary/aromatic N) is 2. The van der Waals surface area contributed by atoms with Gasteiger partial charge < -0.3 is 9.84 Å². The zero-order chi connectivity index (χ0) is 20.4. The average molecular weight is 439 g/mol. The average Bonchev–Trinajstić information content (AvgIpc) is 3.12. The second-order valence-corrected chi connectivity index (χ2v) is 7.37. The molecular formula is C18H12Cl2N2O5S. The maximum Gasteiger partial charge on any atom is 0.269 e. The predicted octanol–water partition coefficient (Wildman–Crippen LogP) is 5.66. The van der Waals surface area contributed by atoms with Crippen molar-refractivity contribution in [3.8, 4) is 10.8 Å². The van der Waals surface area contributed by atoms with E-state index in [0.29, 0.717) is 10.1 Å². The highest BCUT2D eigenvalue weighted by molar-refractivity contribution is 7.18. The molecule has 3 rings (SSSR count). The number of methoxy groups -OCH3 is 1. The van der Waals surface area contributed by atoms with Crippen molar-refractivity contribution in [2.75, 3.05) is 12.0 Å². The van der Waals surface area contributed by atoms with Crippen LogP contribution in [0.4, 0.5) is 16.4 Å². The zero-order valence-electron chi connectivity index (χ0n) is 14.3. The fourth-order valence-corrected chi connectivity index (χ4v) is 3.88. The van der Waals surface area contributed by atoms with Gasteiger partial charge in [-0.1, -0.05) is 34.5 Å². The normalized spacial score (nSPS) is 10.5. The molecule has 7 nitrogen and oxygen atoms in total. The molecule has 1 amide bonds. The first-order chi connectivity index (χ1) is 13.3. The molecule has 0 atom stereocenters. The maximum atomic E-state index is 13.2. The van der Waals surface area contributed by atoms with Gasteiger partial charge in [-0.3, -0.25) is 19.8 Å². The van der Waals surface area contributed by atoms with Gasteiger partial charge in [0, 0.05) is 28.8 Å². The summed E-state index contributed by atoms with van der Waals surface area (Å²) in [4.78, 5) is 24.7. The number of phenols is 1. The number of amides is 1. The van der Waals surface area contributed by atoms with E-state index in [9.17, 15) is 20.0 Å². The minimum atomic E-state index is -0.557. The Labute approximate surface area is 173 Å². The van der Waals surface area contributed by atoms with E-state index in [1.807, 2.05) is 0 Å². The van der Waals surface area contributed by atoms with Gasteiger partial charge in [0.15, 0.2) is 5.06 Å². The third kappa shape index (κ3) is 3.89. The lowest BCUT2D eigenvalue weighted by Crippen LogP contribution is -2.25. The Hall–Kier alpha value is -2.81. The van der Waals surface area contributed by atoms with Crippen LogP contribution in [0.3, 0.4) is 0 Å². The Balaban J connectivity index is 2.13. The molecule has 10 heteroatoms. The van der Waals surface area contributed by atoms with Gasteiger partial charge in [0.2, 0.25) is 0 Å². The van der Waals surface area contributed by atoms with Gasteiger partial charge in [0.1, 0.15) is 16.4 Å². The second kappa shape index (κ2) is 8.05. The number of carbonyl (C=O) groups is 1. The molecule has 0 fully saturated rings. The van der Waals surface area contributed by atoms with Crippen molar-refractivity contribution in [2.24, 2.45) is 0 Å². The van der Waals surface area contributed by atoms with Gasteiger partial charge in [0.05, 0.1) is 17.1 Å². The first-order valence-corrected chi connectivity index (χ1v) is 9.30. The van der Waals surface area contributed by atoms with Crippen molar-refractivity contribution in [1.82, 2.24) is 0 Å². The van der Waals surface area contributed by atoms with E-state index < -0.39 is 10.8 Å². The number of ether oxygens (including phenoxy) is 1. The van der Waals surface area contributed by atoms with E-state index in [1.54, 1.807) is 12.1 Å². The molecular weight excluding hydrogens is 427 g/mol. The number of non-ortho nitro benzene ring substituents is 1. The third-order valence-electron chi connectivity index (χ3n) is 3.75. The Morgan fingerprint density at radius 1 is 1.18 bits per heavy atom. The molecule has 0 aliphatic carbocycles. The number of anilines is 2. The smallest absolute Gasteiger partial charge is 0.269 e. The molecule has 0 bridgehead atoms. The van der Waals surface area contributed by atoms with Crippen LogP contribution in [0, 0.1) is 10.1 Å². The molecule has 1 N–H and O–H groups in total. The Kier molecular flexibility index (Phi) is 5.73. The fourth-order valence-electron chi connectivity index (χ4n) is 2.48. The molecule has 0 aliphatic rings. The summed E-state index contributed by atoms with van der Waals surface area (Å²) in [6.45, 7) is 0. The van der Waals surface area contributed by atoms with Crippen LogP contribution in [0.15, 0.2) is 48.5 Å². The molecule has 3 aromatic rings. The van der Waals surface area contributed by atoms with E-state index >= 15 is 0 Å². The number of nitro benzene ring substituents is 1. The van der Waals surface area contributed by atoms with E-state index in [0.717, 1.165) is 11.3 Å². The number of thiophene rings is 1. The van der Waals surface area contributed by atoms with E-state index in [1.165, 1.54) is 48.4 Å². The SMILES string of the molecule is COc1ccc(N(C(=O)c2ccc([N+](=O)[O-])cc2)c2c(O)cc(Cl)cc2Cl)s1. The summed E-state index contributed by atoms with van der Waals surface area (Å²) in [7, 11) is 1.49. The Bertz CT molecular complexity index is 1030. The molecule has 0 spiro atoms. The largest absolute Gasteiger partial charge is 0.506 e. The molecule has 1 aromatic heterocycles. The lowest BCUT2D eigenvalue weighted by atomic mass is 10.1. The summed E-state index contributed by atoms with van der Waals surface area (Å²) >= 11 is 13.3. The lowest BCUT2D eigenvalue weighted by Gasteiger charge is -2.23. The summed E-state index contributed by atoms with van der Waals surface area (Å²) in [6, 6.07) is 11.1. The van der Waals surface area contributed by atoms with Crippen LogP contribution in [0.25, 0.3) is 0 Å². The van der Waals surface area contributed by atoms with Crippen LogP contribution in [0.5, 0.6) is 10.8 Å². The molecule has 0 saturated carbocycles. The number of carbonyl (C=O) groups excluding carboxylic acids is 1. The zero-order valence-corrected chi connectivity index (χ0v) is 16.6. The quantitative estimate of drug-likeness (QED) is 0.409. The van der Waals surface area contributed by atoms with Crippen molar-refractivity contribution in [3.63, 3.8) is 0 Å². The second-order valence-electron chi connectivity index (χ2n) is 5.50. The lowest BCUT2D eigenvalue weighted by molar-refractivity contribution is -0.384. The van der Waals surface area contributed by atoms with Gasteiger partial charge in [-0.2, -0.15) is 0 Å². The van der Waals surface area contributed by atoms with Crippen LogP contribution in [-0.2, 0) is 0 Å². The van der Waals surface area contributed by atoms with E-state index in [4.69, 9.17) is 27.9 Å². The van der Waals surface area contributed by atoms with Crippen molar-refractivity contribution in [2.45, 2.75) is 0 Å². The molecule has 0 aliphatic heterocycles. The van der Waals surface area contributed by atoms with Gasteiger partial charge in [-0.05, 0) is 30.3 Å². The van der Waals surface area contributed by atoms with Crippen molar-refractivity contribution >= 4 is 56.8 Å². The minimum Gasteiger partial charge on any atom is -0.506 e. The monoisotopic (exact) mass is 438 g/mol. The van der Waals surface area contributed by atoms with Crippen LogP contribution in [0.2, 0.25) is 10.0 Å². The maximum absolute atomic E-state index is 13.2. The van der Waals surface area contributed by atoms with Gasteiger partial charge in [-0.25, -0.2) is 0 Å². The van der Waals surface area contributed by atoms with Gasteiger partial charge >= 0.3 is 0 Å².